The summed E-state index contributed by atoms with van der Waals surface area (Å²) in [5.41, 5.74) is 7.66. The zero-order valence-electron chi connectivity index (χ0n) is 13.3. The average Bonchev–Trinajstić information content (AvgIpc) is 2.41. The quantitative estimate of drug-likeness (QED) is 0.537. The highest BCUT2D eigenvalue weighted by atomic mass is 35.5. The first kappa shape index (κ1) is 19.1. The Kier molecular flexibility index (Phi) is 8.67. The second-order valence-electron chi connectivity index (χ2n) is 5.79. The molecular formula is C16H30ClN3. The number of rotatable bonds is 8. The van der Waals surface area contributed by atoms with Gasteiger partial charge in [0.2, 0.25) is 0 Å². The Labute approximate surface area is 130 Å². The summed E-state index contributed by atoms with van der Waals surface area (Å²) >= 11 is 0. The van der Waals surface area contributed by atoms with Gasteiger partial charge in [0.15, 0.2) is 0 Å². The summed E-state index contributed by atoms with van der Waals surface area (Å²) in [5, 5.41) is 3.53. The maximum absolute atomic E-state index is 5.69. The van der Waals surface area contributed by atoms with Gasteiger partial charge in [0, 0.05) is 17.4 Å². The fourth-order valence-corrected chi connectivity index (χ4v) is 2.26. The average molecular weight is 300 g/mol. The third kappa shape index (κ3) is 6.49. The molecule has 0 radical (unpaired) electrons. The molecule has 4 heteroatoms. The second kappa shape index (κ2) is 9.09. The first-order valence-corrected chi connectivity index (χ1v) is 7.44. The fraction of sp³-hybridized carbons (Fsp3) is 0.625. The van der Waals surface area contributed by atoms with Gasteiger partial charge in [-0.05, 0) is 57.9 Å². The summed E-state index contributed by atoms with van der Waals surface area (Å²) in [5.74, 6) is 0. The summed E-state index contributed by atoms with van der Waals surface area (Å²) in [6.45, 7) is 10.5. The SMILES string of the molecule is CC[N+](C)(CC)CCCC(C)Nc1ccc(N)cc1.[Cl-]. The van der Waals surface area contributed by atoms with Gasteiger partial charge in [-0.2, -0.15) is 0 Å². The number of benzene rings is 1. The third-order valence-electron chi connectivity index (χ3n) is 4.19. The molecule has 0 saturated heterocycles. The molecule has 0 aliphatic carbocycles. The highest BCUT2D eigenvalue weighted by molar-refractivity contribution is 5.51. The minimum atomic E-state index is 0. The first-order chi connectivity index (χ1) is 8.99. The van der Waals surface area contributed by atoms with Gasteiger partial charge in [0.05, 0.1) is 26.7 Å². The molecule has 20 heavy (non-hydrogen) atoms. The topological polar surface area (TPSA) is 38.0 Å². The van der Waals surface area contributed by atoms with Crippen molar-refractivity contribution >= 4 is 11.4 Å². The standard InChI is InChI=1S/C16H30N3.ClH/c1-5-19(4,6-2)13-7-8-14(3)18-16-11-9-15(17)10-12-16;/h9-12,14,18H,5-8,13,17H2,1-4H3;1H/q+1;/p-1. The van der Waals surface area contributed by atoms with E-state index in [1.807, 2.05) is 24.3 Å². The van der Waals surface area contributed by atoms with Crippen LogP contribution >= 0.6 is 0 Å². The number of hydrogen-bond donors (Lipinski definition) is 2. The van der Waals surface area contributed by atoms with E-state index in [1.54, 1.807) is 0 Å². The number of nitrogen functional groups attached to an aromatic ring is 1. The normalized spacial score (nSPS) is 12.6. The Morgan fingerprint density at radius 3 is 2.20 bits per heavy atom. The Balaban J connectivity index is 0.00000361. The van der Waals surface area contributed by atoms with Crippen LogP contribution in [0.3, 0.4) is 0 Å². The molecule has 0 fully saturated rings. The number of halogens is 1. The van der Waals surface area contributed by atoms with E-state index in [-0.39, 0.29) is 12.4 Å². The Bertz CT molecular complexity index is 360. The van der Waals surface area contributed by atoms with E-state index >= 15 is 0 Å². The highest BCUT2D eigenvalue weighted by Crippen LogP contribution is 2.14. The molecule has 0 aromatic heterocycles. The smallest absolute Gasteiger partial charge is 0.0785 e. The molecule has 3 N–H and O–H groups in total. The molecule has 1 aromatic carbocycles. The van der Waals surface area contributed by atoms with Crippen molar-refractivity contribution in [3.05, 3.63) is 24.3 Å². The second-order valence-corrected chi connectivity index (χ2v) is 5.79. The van der Waals surface area contributed by atoms with Crippen LogP contribution in [0.2, 0.25) is 0 Å². The van der Waals surface area contributed by atoms with Gasteiger partial charge in [-0.15, -0.1) is 0 Å². The van der Waals surface area contributed by atoms with Crippen LogP contribution in [-0.2, 0) is 0 Å². The summed E-state index contributed by atoms with van der Waals surface area (Å²) in [7, 11) is 2.35. The van der Waals surface area contributed by atoms with E-state index in [4.69, 9.17) is 5.73 Å². The van der Waals surface area contributed by atoms with Crippen LogP contribution in [0.15, 0.2) is 24.3 Å². The maximum Gasteiger partial charge on any atom is 0.0785 e. The Hall–Kier alpha value is -0.930. The summed E-state index contributed by atoms with van der Waals surface area (Å²) in [4.78, 5) is 0. The Morgan fingerprint density at radius 2 is 1.70 bits per heavy atom. The monoisotopic (exact) mass is 299 g/mol. The molecule has 0 spiro atoms. The molecule has 0 amide bonds. The molecule has 0 bridgehead atoms. The molecule has 1 aromatic rings. The predicted molar refractivity (Wildman–Crippen MR) is 85.3 cm³/mol. The molecule has 116 valence electrons. The van der Waals surface area contributed by atoms with E-state index in [9.17, 15) is 0 Å². The lowest BCUT2D eigenvalue weighted by atomic mass is 10.1. The molecule has 0 aliphatic rings. The zero-order chi connectivity index (χ0) is 14.3. The van der Waals surface area contributed by atoms with Gasteiger partial charge >= 0.3 is 0 Å². The van der Waals surface area contributed by atoms with Crippen molar-refractivity contribution in [3.63, 3.8) is 0 Å². The lowest BCUT2D eigenvalue weighted by molar-refractivity contribution is -0.906. The lowest BCUT2D eigenvalue weighted by Gasteiger charge is -2.32. The molecule has 3 nitrogen and oxygen atoms in total. The van der Waals surface area contributed by atoms with Crippen LogP contribution in [0.1, 0.15) is 33.6 Å². The van der Waals surface area contributed by atoms with Crippen LogP contribution in [0.5, 0.6) is 0 Å². The Morgan fingerprint density at radius 1 is 1.15 bits per heavy atom. The van der Waals surface area contributed by atoms with E-state index in [2.05, 4.69) is 33.1 Å². The van der Waals surface area contributed by atoms with Crippen LogP contribution in [0.25, 0.3) is 0 Å². The van der Waals surface area contributed by atoms with E-state index < -0.39 is 0 Å². The van der Waals surface area contributed by atoms with Crippen molar-refractivity contribution in [1.29, 1.82) is 0 Å². The van der Waals surface area contributed by atoms with Crippen LogP contribution in [0, 0.1) is 0 Å². The molecule has 1 unspecified atom stereocenters. The van der Waals surface area contributed by atoms with Gasteiger partial charge in [-0.1, -0.05) is 0 Å². The van der Waals surface area contributed by atoms with Crippen molar-refractivity contribution in [1.82, 2.24) is 0 Å². The molecular weight excluding hydrogens is 270 g/mol. The largest absolute Gasteiger partial charge is 1.00 e. The third-order valence-corrected chi connectivity index (χ3v) is 4.19. The molecule has 1 rings (SSSR count). The lowest BCUT2D eigenvalue weighted by Crippen LogP contribution is -3.00. The van der Waals surface area contributed by atoms with Gasteiger partial charge in [0.25, 0.3) is 0 Å². The van der Waals surface area contributed by atoms with Crippen molar-refractivity contribution in [2.45, 2.75) is 39.7 Å². The van der Waals surface area contributed by atoms with Crippen molar-refractivity contribution < 1.29 is 16.9 Å². The van der Waals surface area contributed by atoms with Gasteiger partial charge in [-0.3, -0.25) is 0 Å². The first-order valence-electron chi connectivity index (χ1n) is 7.44. The fourth-order valence-electron chi connectivity index (χ4n) is 2.26. The van der Waals surface area contributed by atoms with E-state index in [1.165, 1.54) is 37.0 Å². The van der Waals surface area contributed by atoms with E-state index in [0.29, 0.717) is 6.04 Å². The van der Waals surface area contributed by atoms with Crippen LogP contribution in [-0.4, -0.2) is 37.2 Å². The van der Waals surface area contributed by atoms with Crippen LogP contribution < -0.4 is 23.5 Å². The van der Waals surface area contributed by atoms with Crippen molar-refractivity contribution in [3.8, 4) is 0 Å². The zero-order valence-corrected chi connectivity index (χ0v) is 14.1. The van der Waals surface area contributed by atoms with Gasteiger partial charge < -0.3 is 27.9 Å². The number of nitrogens with two attached hydrogens (primary N) is 1. The molecule has 1 atom stereocenters. The van der Waals surface area contributed by atoms with Crippen LogP contribution in [0.4, 0.5) is 11.4 Å². The maximum atomic E-state index is 5.69. The molecule has 0 heterocycles. The summed E-state index contributed by atoms with van der Waals surface area (Å²) in [6.07, 6.45) is 2.47. The molecule has 0 saturated carbocycles. The minimum Gasteiger partial charge on any atom is -1.00 e. The van der Waals surface area contributed by atoms with Gasteiger partial charge in [0.1, 0.15) is 0 Å². The number of hydrogen-bond acceptors (Lipinski definition) is 2. The summed E-state index contributed by atoms with van der Waals surface area (Å²) < 4.78 is 1.18. The van der Waals surface area contributed by atoms with Crippen molar-refractivity contribution in [2.75, 3.05) is 37.7 Å². The van der Waals surface area contributed by atoms with Gasteiger partial charge in [-0.25, -0.2) is 0 Å². The highest BCUT2D eigenvalue weighted by Gasteiger charge is 2.16. The number of quaternary nitrogens is 1. The number of nitrogens with zero attached hydrogens (tertiary/aromatic N) is 1. The predicted octanol–water partition coefficient (Wildman–Crippen LogP) is 0.340. The van der Waals surface area contributed by atoms with E-state index in [0.717, 1.165) is 11.4 Å². The minimum absolute atomic E-state index is 0. The molecule has 0 aliphatic heterocycles. The summed E-state index contributed by atoms with van der Waals surface area (Å²) in [6, 6.07) is 8.48. The number of anilines is 2. The number of nitrogens with one attached hydrogen (secondary N) is 1. The van der Waals surface area contributed by atoms with Crippen molar-refractivity contribution in [2.24, 2.45) is 0 Å².